The van der Waals surface area contributed by atoms with Gasteiger partial charge < -0.3 is 10.1 Å². The van der Waals surface area contributed by atoms with Gasteiger partial charge in [0.15, 0.2) is 0 Å². The topological polar surface area (TPSA) is 70.2 Å². The van der Waals surface area contributed by atoms with Gasteiger partial charge in [-0.25, -0.2) is 4.79 Å². The number of hydrogen-bond acceptors (Lipinski definition) is 2. The molecular weight excluding hydrogens is 294 g/mol. The quantitative estimate of drug-likeness (QED) is 0.827. The molecule has 1 aromatic heterocycles. The molecule has 0 aliphatic heterocycles. The minimum absolute atomic E-state index is 0.0179. The molecule has 64 valence electrons. The fraction of sp³-hybridized carbons (Fsp3) is 0. The summed E-state index contributed by atoms with van der Waals surface area (Å²) in [7, 11) is 0. The molecule has 4 nitrogen and oxygen atoms in total. The van der Waals surface area contributed by atoms with E-state index in [4.69, 9.17) is 5.11 Å². The van der Waals surface area contributed by atoms with Crippen molar-refractivity contribution in [3.8, 4) is 0 Å². The lowest BCUT2D eigenvalue weighted by Gasteiger charge is -1.99. The molecule has 0 radical (unpaired) electrons. The molecule has 0 saturated heterocycles. The van der Waals surface area contributed by atoms with E-state index in [-0.39, 0.29) is 10.0 Å². The summed E-state index contributed by atoms with van der Waals surface area (Å²) in [5.41, 5.74) is -0.533. The summed E-state index contributed by atoms with van der Waals surface area (Å²) in [6.45, 7) is 0. The van der Waals surface area contributed by atoms with Crippen molar-refractivity contribution in [1.82, 2.24) is 4.98 Å². The molecule has 0 spiro atoms. The van der Waals surface area contributed by atoms with Crippen molar-refractivity contribution in [2.45, 2.75) is 0 Å². The van der Waals surface area contributed by atoms with Crippen LogP contribution in [0.1, 0.15) is 10.4 Å². The highest BCUT2D eigenvalue weighted by atomic mass is 79.9. The predicted octanol–water partition coefficient (Wildman–Crippen LogP) is 1.60. The first-order chi connectivity index (χ1) is 5.54. The first-order valence-electron chi connectivity index (χ1n) is 2.84. The van der Waals surface area contributed by atoms with Gasteiger partial charge in [-0.05, 0) is 31.9 Å². The minimum Gasteiger partial charge on any atom is -0.478 e. The molecule has 12 heavy (non-hydrogen) atoms. The van der Waals surface area contributed by atoms with E-state index >= 15 is 0 Å². The number of halogens is 2. The van der Waals surface area contributed by atoms with Gasteiger partial charge in [0, 0.05) is 10.7 Å². The van der Waals surface area contributed by atoms with Crippen LogP contribution in [0.3, 0.4) is 0 Å². The maximum atomic E-state index is 10.9. The highest BCUT2D eigenvalue weighted by Gasteiger charge is 2.14. The van der Waals surface area contributed by atoms with Crippen molar-refractivity contribution in [2.75, 3.05) is 0 Å². The van der Waals surface area contributed by atoms with Crippen LogP contribution < -0.4 is 5.56 Å². The first kappa shape index (κ1) is 9.47. The van der Waals surface area contributed by atoms with E-state index in [1.54, 1.807) is 0 Å². The smallest absolute Gasteiger partial charge is 0.338 e. The van der Waals surface area contributed by atoms with Gasteiger partial charge >= 0.3 is 5.97 Å². The van der Waals surface area contributed by atoms with Gasteiger partial charge in [0.05, 0.1) is 10.0 Å². The number of carboxylic acid groups (broad SMARTS) is 1. The van der Waals surface area contributed by atoms with Crippen molar-refractivity contribution < 1.29 is 9.90 Å². The lowest BCUT2D eigenvalue weighted by atomic mass is 10.3. The molecule has 0 fully saturated rings. The SMILES string of the molecule is O=C(O)c1c(Br)c[nH]c(=O)c1Br. The Morgan fingerprint density at radius 2 is 2.08 bits per heavy atom. The van der Waals surface area contributed by atoms with Crippen molar-refractivity contribution >= 4 is 37.8 Å². The van der Waals surface area contributed by atoms with Crippen molar-refractivity contribution in [3.05, 3.63) is 31.1 Å². The molecule has 1 aromatic rings. The monoisotopic (exact) mass is 295 g/mol. The number of aromatic nitrogens is 1. The summed E-state index contributed by atoms with van der Waals surface area (Å²) in [5, 5.41) is 8.66. The number of carboxylic acids is 1. The second kappa shape index (κ2) is 3.40. The van der Waals surface area contributed by atoms with Crippen LogP contribution in [0.5, 0.6) is 0 Å². The van der Waals surface area contributed by atoms with Crippen LogP contribution in [0.15, 0.2) is 19.9 Å². The molecule has 0 unspecified atom stereocenters. The van der Waals surface area contributed by atoms with E-state index in [9.17, 15) is 9.59 Å². The van der Waals surface area contributed by atoms with E-state index < -0.39 is 11.5 Å². The summed E-state index contributed by atoms with van der Waals surface area (Å²) in [6.07, 6.45) is 1.29. The van der Waals surface area contributed by atoms with Crippen LogP contribution in [0.25, 0.3) is 0 Å². The fourth-order valence-corrected chi connectivity index (χ4v) is 1.92. The molecule has 0 aromatic carbocycles. The van der Waals surface area contributed by atoms with Crippen molar-refractivity contribution in [1.29, 1.82) is 0 Å². The highest BCUT2D eigenvalue weighted by Crippen LogP contribution is 2.20. The van der Waals surface area contributed by atoms with Crippen LogP contribution in [-0.4, -0.2) is 16.1 Å². The predicted molar refractivity (Wildman–Crippen MR) is 49.4 cm³/mol. The number of carbonyl (C=O) groups is 1. The lowest BCUT2D eigenvalue weighted by molar-refractivity contribution is 0.0694. The molecule has 1 heterocycles. The first-order valence-corrected chi connectivity index (χ1v) is 4.42. The summed E-state index contributed by atoms with van der Waals surface area (Å²) in [4.78, 5) is 23.8. The van der Waals surface area contributed by atoms with Crippen LogP contribution in [0, 0.1) is 0 Å². The largest absolute Gasteiger partial charge is 0.478 e. The summed E-state index contributed by atoms with van der Waals surface area (Å²) < 4.78 is 0.353. The Morgan fingerprint density at radius 1 is 1.50 bits per heavy atom. The molecular formula is C6H3Br2NO3. The maximum Gasteiger partial charge on any atom is 0.338 e. The van der Waals surface area contributed by atoms with Crippen molar-refractivity contribution in [2.24, 2.45) is 0 Å². The van der Waals surface area contributed by atoms with E-state index in [1.165, 1.54) is 6.20 Å². The van der Waals surface area contributed by atoms with Gasteiger partial charge in [-0.3, -0.25) is 4.79 Å². The normalized spacial score (nSPS) is 9.83. The average molecular weight is 297 g/mol. The Kier molecular flexibility index (Phi) is 2.69. The van der Waals surface area contributed by atoms with Crippen LogP contribution >= 0.6 is 31.9 Å². The second-order valence-electron chi connectivity index (χ2n) is 1.96. The van der Waals surface area contributed by atoms with Crippen LogP contribution in [0.4, 0.5) is 0 Å². The summed E-state index contributed by atoms with van der Waals surface area (Å²) >= 11 is 5.88. The molecule has 1 rings (SSSR count). The van der Waals surface area contributed by atoms with Gasteiger partial charge in [-0.2, -0.15) is 0 Å². The molecule has 0 atom stereocenters. The number of rotatable bonds is 1. The standard InChI is InChI=1S/C6H3Br2NO3/c7-2-1-9-5(10)4(8)3(2)6(11)12/h1H,(H,9,10)(H,11,12). The number of nitrogens with one attached hydrogen (secondary N) is 1. The van der Waals surface area contributed by atoms with E-state index in [0.29, 0.717) is 4.47 Å². The van der Waals surface area contributed by atoms with Gasteiger partial charge in [0.25, 0.3) is 5.56 Å². The molecule has 6 heteroatoms. The Labute approximate surface area is 83.9 Å². The third-order valence-corrected chi connectivity index (χ3v) is 2.58. The lowest BCUT2D eigenvalue weighted by Crippen LogP contribution is -2.12. The molecule has 2 N–H and O–H groups in total. The van der Waals surface area contributed by atoms with Crippen LogP contribution in [-0.2, 0) is 0 Å². The summed E-state index contributed by atoms with van der Waals surface area (Å²) in [6, 6.07) is 0. The maximum absolute atomic E-state index is 10.9. The Balaban J connectivity index is 3.54. The van der Waals surface area contributed by atoms with Gasteiger partial charge in [-0.15, -0.1) is 0 Å². The Bertz CT molecular complexity index is 385. The summed E-state index contributed by atoms with van der Waals surface area (Å²) in [5.74, 6) is -1.15. The molecule has 0 amide bonds. The van der Waals surface area contributed by atoms with Crippen LogP contribution in [0.2, 0.25) is 0 Å². The number of aromatic amines is 1. The van der Waals surface area contributed by atoms with E-state index in [1.807, 2.05) is 0 Å². The minimum atomic E-state index is -1.15. The zero-order valence-corrected chi connectivity index (χ0v) is 8.77. The fourth-order valence-electron chi connectivity index (χ4n) is 0.679. The molecule has 0 bridgehead atoms. The van der Waals surface area contributed by atoms with Crippen molar-refractivity contribution in [3.63, 3.8) is 0 Å². The zero-order chi connectivity index (χ0) is 9.30. The number of aromatic carboxylic acids is 1. The second-order valence-corrected chi connectivity index (χ2v) is 3.61. The van der Waals surface area contributed by atoms with Gasteiger partial charge in [0.1, 0.15) is 0 Å². The number of H-pyrrole nitrogens is 1. The van der Waals surface area contributed by atoms with Gasteiger partial charge in [0.2, 0.25) is 0 Å². The average Bonchev–Trinajstić information content (AvgIpc) is 1.97. The Morgan fingerprint density at radius 3 is 2.50 bits per heavy atom. The van der Waals surface area contributed by atoms with Gasteiger partial charge in [-0.1, -0.05) is 0 Å². The van der Waals surface area contributed by atoms with E-state index in [2.05, 4.69) is 36.8 Å². The highest BCUT2D eigenvalue weighted by molar-refractivity contribution is 9.11. The zero-order valence-electron chi connectivity index (χ0n) is 5.60. The number of pyridine rings is 1. The Hall–Kier alpha value is -0.620. The molecule has 0 saturated carbocycles. The third kappa shape index (κ3) is 1.59. The third-order valence-electron chi connectivity index (χ3n) is 1.20. The molecule has 0 aliphatic rings. The van der Waals surface area contributed by atoms with E-state index in [0.717, 1.165) is 0 Å². The molecule has 0 aliphatic carbocycles. The number of hydrogen-bond donors (Lipinski definition) is 2.